The van der Waals surface area contributed by atoms with Crippen LogP contribution in [-0.2, 0) is 0 Å². The molecule has 2 aromatic heterocycles. The second-order valence-electron chi connectivity index (χ2n) is 4.17. The van der Waals surface area contributed by atoms with E-state index in [0.29, 0.717) is 11.9 Å². The number of nitrogens with one attached hydrogen (secondary N) is 2. The Hall–Kier alpha value is -1.96. The van der Waals surface area contributed by atoms with Crippen molar-refractivity contribution in [3.8, 4) is 6.01 Å². The molecule has 0 saturated carbocycles. The van der Waals surface area contributed by atoms with Crippen LogP contribution >= 0.6 is 11.3 Å². The molecule has 2 rings (SSSR count). The fraction of sp³-hybridized carbons (Fsp3) is 0.500. The van der Waals surface area contributed by atoms with E-state index in [1.165, 1.54) is 12.0 Å². The maximum atomic E-state index is 5.08. The highest BCUT2D eigenvalue weighted by atomic mass is 32.1. The smallest absolute Gasteiger partial charge is 0.322 e. The standard InChI is InChI=1S/C12H18N6OS/c1-5-13-10-16-11(18-12(17-10)19-4)15-8(3)9-14-6-7(2)20-9/h6,8H,5H2,1-4H3,(H2,13,15,16,17,18). The number of aryl methyl sites for hydroxylation is 1. The highest BCUT2D eigenvalue weighted by Gasteiger charge is 2.13. The Morgan fingerprint density at radius 1 is 1.30 bits per heavy atom. The average molecular weight is 294 g/mol. The molecule has 2 heterocycles. The van der Waals surface area contributed by atoms with E-state index in [9.17, 15) is 0 Å². The van der Waals surface area contributed by atoms with Crippen molar-refractivity contribution in [3.63, 3.8) is 0 Å². The summed E-state index contributed by atoms with van der Waals surface area (Å²) in [6.45, 7) is 6.75. The number of anilines is 2. The molecule has 0 radical (unpaired) electrons. The van der Waals surface area contributed by atoms with Gasteiger partial charge >= 0.3 is 6.01 Å². The zero-order valence-corrected chi connectivity index (χ0v) is 12.8. The van der Waals surface area contributed by atoms with Crippen LogP contribution in [0.3, 0.4) is 0 Å². The molecule has 0 fully saturated rings. The lowest BCUT2D eigenvalue weighted by Crippen LogP contribution is -2.12. The van der Waals surface area contributed by atoms with Crippen molar-refractivity contribution in [3.05, 3.63) is 16.1 Å². The highest BCUT2D eigenvalue weighted by molar-refractivity contribution is 7.11. The van der Waals surface area contributed by atoms with Gasteiger partial charge in [-0.15, -0.1) is 11.3 Å². The van der Waals surface area contributed by atoms with Gasteiger partial charge in [-0.1, -0.05) is 0 Å². The van der Waals surface area contributed by atoms with Crippen LogP contribution in [0.15, 0.2) is 6.20 Å². The van der Waals surface area contributed by atoms with Crippen LogP contribution in [0.5, 0.6) is 6.01 Å². The molecule has 8 heteroatoms. The molecule has 7 nitrogen and oxygen atoms in total. The third kappa shape index (κ3) is 3.53. The molecular formula is C12H18N6OS. The summed E-state index contributed by atoms with van der Waals surface area (Å²) in [7, 11) is 1.53. The lowest BCUT2D eigenvalue weighted by Gasteiger charge is -2.12. The number of hydrogen-bond acceptors (Lipinski definition) is 8. The summed E-state index contributed by atoms with van der Waals surface area (Å²) in [6.07, 6.45) is 1.86. The van der Waals surface area contributed by atoms with Gasteiger partial charge < -0.3 is 15.4 Å². The van der Waals surface area contributed by atoms with Crippen molar-refractivity contribution in [2.24, 2.45) is 0 Å². The van der Waals surface area contributed by atoms with Gasteiger partial charge in [0, 0.05) is 17.6 Å². The first-order valence-corrected chi connectivity index (χ1v) is 7.16. The molecule has 1 unspecified atom stereocenters. The van der Waals surface area contributed by atoms with Gasteiger partial charge in [-0.2, -0.15) is 15.0 Å². The predicted molar refractivity (Wildman–Crippen MR) is 79.4 cm³/mol. The number of methoxy groups -OCH3 is 1. The van der Waals surface area contributed by atoms with E-state index in [2.05, 4.69) is 30.6 Å². The van der Waals surface area contributed by atoms with Crippen LogP contribution < -0.4 is 15.4 Å². The molecule has 1 atom stereocenters. The van der Waals surface area contributed by atoms with Crippen LogP contribution in [0.2, 0.25) is 0 Å². The molecule has 0 amide bonds. The second kappa shape index (κ2) is 6.47. The SMILES string of the molecule is CCNc1nc(NC(C)c2ncc(C)s2)nc(OC)n1. The number of nitrogens with zero attached hydrogens (tertiary/aromatic N) is 4. The van der Waals surface area contributed by atoms with E-state index in [1.807, 2.05) is 27.0 Å². The van der Waals surface area contributed by atoms with Crippen molar-refractivity contribution in [1.29, 1.82) is 0 Å². The third-order valence-electron chi connectivity index (χ3n) is 2.49. The molecule has 0 aliphatic heterocycles. The lowest BCUT2D eigenvalue weighted by atomic mass is 10.4. The van der Waals surface area contributed by atoms with E-state index in [-0.39, 0.29) is 12.1 Å². The summed E-state index contributed by atoms with van der Waals surface area (Å²) in [4.78, 5) is 18.1. The summed E-state index contributed by atoms with van der Waals surface area (Å²) < 4.78 is 5.08. The lowest BCUT2D eigenvalue weighted by molar-refractivity contribution is 0.379. The Kier molecular flexibility index (Phi) is 4.67. The minimum absolute atomic E-state index is 0.0234. The quantitative estimate of drug-likeness (QED) is 0.845. The summed E-state index contributed by atoms with van der Waals surface area (Å²) in [5.41, 5.74) is 0. The van der Waals surface area contributed by atoms with Crippen LogP contribution in [0, 0.1) is 6.92 Å². The fourth-order valence-corrected chi connectivity index (χ4v) is 2.35. The van der Waals surface area contributed by atoms with Gasteiger partial charge in [0.25, 0.3) is 0 Å². The van der Waals surface area contributed by atoms with Gasteiger partial charge in [0.1, 0.15) is 5.01 Å². The number of rotatable bonds is 6. The monoisotopic (exact) mass is 294 g/mol. The zero-order chi connectivity index (χ0) is 14.5. The Balaban J connectivity index is 2.17. The van der Waals surface area contributed by atoms with E-state index in [0.717, 1.165) is 11.6 Å². The fourth-order valence-electron chi connectivity index (χ4n) is 1.58. The molecule has 108 valence electrons. The predicted octanol–water partition coefficient (Wildman–Crippen LogP) is 2.25. The van der Waals surface area contributed by atoms with Crippen molar-refractivity contribution in [1.82, 2.24) is 19.9 Å². The minimum atomic E-state index is 0.0234. The van der Waals surface area contributed by atoms with Crippen LogP contribution in [0.25, 0.3) is 0 Å². The molecule has 2 N–H and O–H groups in total. The van der Waals surface area contributed by atoms with E-state index < -0.39 is 0 Å². The third-order valence-corrected chi connectivity index (χ3v) is 3.58. The normalized spacial score (nSPS) is 12.0. The van der Waals surface area contributed by atoms with E-state index in [4.69, 9.17) is 4.74 Å². The molecule has 0 aliphatic rings. The summed E-state index contributed by atoms with van der Waals surface area (Å²) in [5.74, 6) is 0.956. The maximum Gasteiger partial charge on any atom is 0.322 e. The molecule has 0 aliphatic carbocycles. The van der Waals surface area contributed by atoms with Gasteiger partial charge in [0.2, 0.25) is 11.9 Å². The van der Waals surface area contributed by atoms with E-state index >= 15 is 0 Å². The van der Waals surface area contributed by atoms with Gasteiger partial charge in [-0.05, 0) is 20.8 Å². The number of ether oxygens (including phenoxy) is 1. The van der Waals surface area contributed by atoms with Crippen molar-refractivity contribution >= 4 is 23.2 Å². The van der Waals surface area contributed by atoms with Crippen molar-refractivity contribution < 1.29 is 4.74 Å². The molecular weight excluding hydrogens is 276 g/mol. The summed E-state index contributed by atoms with van der Waals surface area (Å²) >= 11 is 1.65. The van der Waals surface area contributed by atoms with Crippen molar-refractivity contribution in [2.75, 3.05) is 24.3 Å². The molecule has 20 heavy (non-hydrogen) atoms. The average Bonchev–Trinajstić information content (AvgIpc) is 2.85. The van der Waals surface area contributed by atoms with Crippen LogP contribution in [0.4, 0.5) is 11.9 Å². The Morgan fingerprint density at radius 2 is 2.05 bits per heavy atom. The highest BCUT2D eigenvalue weighted by Crippen LogP contribution is 2.22. The minimum Gasteiger partial charge on any atom is -0.467 e. The van der Waals surface area contributed by atoms with E-state index in [1.54, 1.807) is 11.3 Å². The first-order chi connectivity index (χ1) is 9.62. The van der Waals surface area contributed by atoms with Crippen molar-refractivity contribution in [2.45, 2.75) is 26.8 Å². The summed E-state index contributed by atoms with van der Waals surface area (Å²) in [6, 6.07) is 0.302. The molecule has 0 bridgehead atoms. The first kappa shape index (κ1) is 14.4. The van der Waals surface area contributed by atoms with Gasteiger partial charge in [0.05, 0.1) is 13.2 Å². The second-order valence-corrected chi connectivity index (χ2v) is 5.44. The Morgan fingerprint density at radius 3 is 2.65 bits per heavy atom. The van der Waals surface area contributed by atoms with Crippen LogP contribution in [0.1, 0.15) is 29.8 Å². The maximum absolute atomic E-state index is 5.08. The van der Waals surface area contributed by atoms with Gasteiger partial charge in [0.15, 0.2) is 0 Å². The molecule has 0 saturated heterocycles. The molecule has 2 aromatic rings. The largest absolute Gasteiger partial charge is 0.467 e. The topological polar surface area (TPSA) is 84.9 Å². The van der Waals surface area contributed by atoms with Gasteiger partial charge in [-0.3, -0.25) is 0 Å². The molecule has 0 spiro atoms. The molecule has 0 aromatic carbocycles. The number of thiazole rings is 1. The number of aromatic nitrogens is 4. The number of hydrogen-bond donors (Lipinski definition) is 2. The Labute approximate surface area is 121 Å². The van der Waals surface area contributed by atoms with Crippen LogP contribution in [-0.4, -0.2) is 33.6 Å². The zero-order valence-electron chi connectivity index (χ0n) is 12.0. The summed E-state index contributed by atoms with van der Waals surface area (Å²) in [5, 5.41) is 7.25. The van der Waals surface area contributed by atoms with Gasteiger partial charge in [-0.25, -0.2) is 4.98 Å². The Bertz CT molecular complexity index is 573. The first-order valence-electron chi connectivity index (χ1n) is 6.35.